The molecule has 4 heteroatoms. The van der Waals surface area contributed by atoms with Gasteiger partial charge in [0.1, 0.15) is 0 Å². The van der Waals surface area contributed by atoms with E-state index in [1.807, 2.05) is 47.7 Å². The number of nitrogens with zero attached hydrogens (tertiary/aromatic N) is 3. The molecule has 0 radical (unpaired) electrons. The predicted octanol–water partition coefficient (Wildman–Crippen LogP) is 12.2. The van der Waals surface area contributed by atoms with Crippen molar-refractivity contribution < 1.29 is 0 Å². The lowest BCUT2D eigenvalue weighted by atomic mass is 9.55. The summed E-state index contributed by atoms with van der Waals surface area (Å²) in [5, 5.41) is 2.49. The molecule has 53 heavy (non-hydrogen) atoms. The summed E-state index contributed by atoms with van der Waals surface area (Å²) >= 11 is 1.84. The Labute approximate surface area is 312 Å². The van der Waals surface area contributed by atoms with E-state index in [0.717, 1.165) is 16.7 Å². The first kappa shape index (κ1) is 30.4. The van der Waals surface area contributed by atoms with Gasteiger partial charge in [0.2, 0.25) is 0 Å². The maximum absolute atomic E-state index is 5.14. The molecule has 1 spiro atoms. The number of fused-ring (bicyclic) bond motifs is 12. The van der Waals surface area contributed by atoms with Crippen LogP contribution in [0.5, 0.6) is 0 Å². The molecule has 2 aromatic heterocycles. The van der Waals surface area contributed by atoms with Crippen LogP contribution in [0.15, 0.2) is 164 Å². The molecule has 2 aliphatic carbocycles. The minimum Gasteiger partial charge on any atom is -0.208 e. The first-order valence-electron chi connectivity index (χ1n) is 18.2. The van der Waals surface area contributed by atoms with Crippen LogP contribution < -0.4 is 0 Å². The molecule has 9 aromatic rings. The van der Waals surface area contributed by atoms with Gasteiger partial charge in [-0.25, -0.2) is 15.0 Å². The minimum absolute atomic E-state index is 0.208. The van der Waals surface area contributed by atoms with Gasteiger partial charge in [0.05, 0.1) is 5.41 Å². The highest BCUT2D eigenvalue weighted by molar-refractivity contribution is 7.26. The first-order chi connectivity index (χ1) is 26.0. The van der Waals surface area contributed by atoms with Gasteiger partial charge in [-0.1, -0.05) is 159 Å². The summed E-state index contributed by atoms with van der Waals surface area (Å²) in [6.45, 7) is 4.80. The first-order valence-corrected chi connectivity index (χ1v) is 19.0. The van der Waals surface area contributed by atoms with Gasteiger partial charge in [-0.15, -0.1) is 11.3 Å². The van der Waals surface area contributed by atoms with E-state index in [4.69, 9.17) is 15.0 Å². The van der Waals surface area contributed by atoms with E-state index in [1.54, 1.807) is 0 Å². The molecule has 0 saturated carbocycles. The Kier molecular flexibility index (Phi) is 6.39. The average Bonchev–Trinajstić information content (AvgIpc) is 3.74. The van der Waals surface area contributed by atoms with Crippen LogP contribution in [-0.4, -0.2) is 15.0 Å². The lowest BCUT2D eigenvalue weighted by Crippen LogP contribution is -2.40. The summed E-state index contributed by atoms with van der Waals surface area (Å²) in [5.41, 5.74) is 13.2. The van der Waals surface area contributed by atoms with Gasteiger partial charge in [-0.3, -0.25) is 0 Å². The second-order valence-corrected chi connectivity index (χ2v) is 15.8. The highest BCUT2D eigenvalue weighted by Gasteiger charge is 2.53. The lowest BCUT2D eigenvalue weighted by Gasteiger charge is -2.46. The van der Waals surface area contributed by atoms with E-state index in [0.29, 0.717) is 17.5 Å². The van der Waals surface area contributed by atoms with Gasteiger partial charge in [0, 0.05) is 42.3 Å². The summed E-state index contributed by atoms with van der Waals surface area (Å²) in [5.74, 6) is 2.02. The lowest BCUT2D eigenvalue weighted by molar-refractivity contribution is 0.564. The predicted molar refractivity (Wildman–Crippen MR) is 218 cm³/mol. The van der Waals surface area contributed by atoms with E-state index in [-0.39, 0.29) is 5.41 Å². The van der Waals surface area contributed by atoms with Crippen LogP contribution in [0.25, 0.3) is 65.5 Å². The SMILES string of the molecule is CC1(C)c2ccccc2C2(c3ccccc3-c3ccccc32)c2cc3c(cc21)sc1c(-c2nc(-c4ccccc4)nc(-c4ccccc4)n2)cccc13. The maximum Gasteiger partial charge on any atom is 0.165 e. The Balaban J connectivity index is 1.21. The molecule has 0 N–H and O–H groups in total. The van der Waals surface area contributed by atoms with Gasteiger partial charge < -0.3 is 0 Å². The molecule has 2 aliphatic rings. The smallest absolute Gasteiger partial charge is 0.165 e. The molecule has 2 heterocycles. The van der Waals surface area contributed by atoms with Crippen molar-refractivity contribution in [3.8, 4) is 45.3 Å². The fourth-order valence-electron chi connectivity index (χ4n) is 9.24. The summed E-state index contributed by atoms with van der Waals surface area (Å²) < 4.78 is 2.46. The van der Waals surface area contributed by atoms with Crippen LogP contribution in [0.1, 0.15) is 47.2 Å². The highest BCUT2D eigenvalue weighted by Crippen LogP contribution is 2.63. The molecule has 11 rings (SSSR count). The van der Waals surface area contributed by atoms with E-state index in [2.05, 4.69) is 141 Å². The Morgan fingerprint density at radius 3 is 1.53 bits per heavy atom. The van der Waals surface area contributed by atoms with Crippen LogP contribution in [-0.2, 0) is 10.8 Å². The minimum atomic E-state index is -0.432. The van der Waals surface area contributed by atoms with E-state index >= 15 is 0 Å². The van der Waals surface area contributed by atoms with Gasteiger partial charge in [0.15, 0.2) is 17.5 Å². The maximum atomic E-state index is 5.14. The molecule has 250 valence electrons. The summed E-state index contributed by atoms with van der Waals surface area (Å²) in [6, 6.07) is 59.3. The number of benzene rings is 7. The van der Waals surface area contributed by atoms with Crippen molar-refractivity contribution >= 4 is 31.5 Å². The van der Waals surface area contributed by atoms with Gasteiger partial charge in [-0.2, -0.15) is 0 Å². The second kappa shape index (κ2) is 11.1. The van der Waals surface area contributed by atoms with Crippen molar-refractivity contribution in [2.75, 3.05) is 0 Å². The van der Waals surface area contributed by atoms with Gasteiger partial charge in [0.25, 0.3) is 0 Å². The largest absolute Gasteiger partial charge is 0.208 e. The molecule has 0 atom stereocenters. The third-order valence-electron chi connectivity index (χ3n) is 11.6. The van der Waals surface area contributed by atoms with E-state index in [1.165, 1.54) is 64.7 Å². The van der Waals surface area contributed by atoms with Crippen molar-refractivity contribution in [3.05, 3.63) is 197 Å². The zero-order chi connectivity index (χ0) is 35.3. The van der Waals surface area contributed by atoms with Crippen LogP contribution in [0.4, 0.5) is 0 Å². The topological polar surface area (TPSA) is 38.7 Å². The highest BCUT2D eigenvalue weighted by atomic mass is 32.1. The zero-order valence-corrected chi connectivity index (χ0v) is 30.2. The molecular weight excluding hydrogens is 663 g/mol. The molecule has 0 bridgehead atoms. The third kappa shape index (κ3) is 4.18. The van der Waals surface area contributed by atoms with E-state index < -0.39 is 5.41 Å². The van der Waals surface area contributed by atoms with Crippen molar-refractivity contribution in [1.82, 2.24) is 15.0 Å². The summed E-state index contributed by atoms with van der Waals surface area (Å²) in [4.78, 5) is 15.2. The number of rotatable bonds is 3. The van der Waals surface area contributed by atoms with Crippen LogP contribution in [0.3, 0.4) is 0 Å². The summed E-state index contributed by atoms with van der Waals surface area (Å²) in [7, 11) is 0. The molecule has 3 nitrogen and oxygen atoms in total. The Morgan fingerprint density at radius 1 is 0.396 bits per heavy atom. The van der Waals surface area contributed by atoms with Crippen LogP contribution >= 0.6 is 11.3 Å². The number of hydrogen-bond donors (Lipinski definition) is 0. The third-order valence-corrected chi connectivity index (χ3v) is 12.8. The van der Waals surface area contributed by atoms with Crippen molar-refractivity contribution in [3.63, 3.8) is 0 Å². The number of aromatic nitrogens is 3. The number of hydrogen-bond acceptors (Lipinski definition) is 4. The van der Waals surface area contributed by atoms with Gasteiger partial charge >= 0.3 is 0 Å². The molecule has 7 aromatic carbocycles. The van der Waals surface area contributed by atoms with E-state index in [9.17, 15) is 0 Å². The van der Waals surface area contributed by atoms with Crippen molar-refractivity contribution in [2.45, 2.75) is 24.7 Å². The monoisotopic (exact) mass is 695 g/mol. The molecule has 0 saturated heterocycles. The second-order valence-electron chi connectivity index (χ2n) is 14.7. The molecule has 0 aliphatic heterocycles. The normalized spacial score (nSPS) is 14.5. The Bertz CT molecular complexity index is 2820. The van der Waals surface area contributed by atoms with Crippen LogP contribution in [0, 0.1) is 0 Å². The molecule has 0 amide bonds. The Hall–Kier alpha value is -6.23. The molecule has 0 unspecified atom stereocenters. The summed E-state index contributed by atoms with van der Waals surface area (Å²) in [6.07, 6.45) is 0. The average molecular weight is 696 g/mol. The fraction of sp³-hybridized carbons (Fsp3) is 0.0816. The Morgan fingerprint density at radius 2 is 0.906 bits per heavy atom. The fourth-order valence-corrected chi connectivity index (χ4v) is 10.5. The van der Waals surface area contributed by atoms with Gasteiger partial charge in [-0.05, 0) is 62.7 Å². The van der Waals surface area contributed by atoms with Crippen molar-refractivity contribution in [2.24, 2.45) is 0 Å². The van der Waals surface area contributed by atoms with Crippen molar-refractivity contribution in [1.29, 1.82) is 0 Å². The van der Waals surface area contributed by atoms with Crippen LogP contribution in [0.2, 0.25) is 0 Å². The number of thiophene rings is 1. The molecular formula is C49H33N3S. The standard InChI is InChI=1S/C49H33N3S/c1-48(2)39-26-13-14-27-40(39)49(37-24-11-9-20-32(37)33-21-10-12-25-38(33)49)42-28-36-34-22-15-23-35(44(34)53-43(36)29-41(42)48)47-51-45(30-16-5-3-6-17-30)50-46(52-47)31-18-7-4-8-19-31/h3-29H,1-2H3. The quantitative estimate of drug-likeness (QED) is 0.185. The molecule has 0 fully saturated rings. The zero-order valence-electron chi connectivity index (χ0n) is 29.3.